The lowest BCUT2D eigenvalue weighted by atomic mass is 10.2. The summed E-state index contributed by atoms with van der Waals surface area (Å²) in [6.07, 6.45) is 0.208. The van der Waals surface area contributed by atoms with E-state index < -0.39 is 0 Å². The van der Waals surface area contributed by atoms with Gasteiger partial charge in [0.15, 0.2) is 0 Å². The van der Waals surface area contributed by atoms with Crippen LogP contribution in [0.3, 0.4) is 0 Å². The molecule has 2 aromatic rings. The molecule has 0 aliphatic rings. The first-order chi connectivity index (χ1) is 11.0. The minimum atomic E-state index is -0.161. The van der Waals surface area contributed by atoms with Crippen LogP contribution in [0.5, 0.6) is 0 Å². The molecular formula is C18H19ClN2O2. The van der Waals surface area contributed by atoms with E-state index in [4.69, 9.17) is 11.6 Å². The van der Waals surface area contributed by atoms with E-state index in [0.717, 1.165) is 11.3 Å². The number of aryl methyl sites for hydroxylation is 1. The van der Waals surface area contributed by atoms with Crippen LogP contribution >= 0.6 is 11.6 Å². The van der Waals surface area contributed by atoms with Gasteiger partial charge in [0.2, 0.25) is 11.8 Å². The lowest BCUT2D eigenvalue weighted by Gasteiger charge is -2.21. The molecule has 0 saturated carbocycles. The first-order valence-electron chi connectivity index (χ1n) is 7.36. The number of hydrogen-bond donors (Lipinski definition) is 1. The van der Waals surface area contributed by atoms with Gasteiger partial charge in [-0.3, -0.25) is 9.59 Å². The molecule has 2 aromatic carbocycles. The summed E-state index contributed by atoms with van der Waals surface area (Å²) < 4.78 is 0. The fourth-order valence-electron chi connectivity index (χ4n) is 2.20. The van der Waals surface area contributed by atoms with Crippen LogP contribution in [0.2, 0.25) is 5.02 Å². The molecule has 0 aliphatic heterocycles. The Morgan fingerprint density at radius 3 is 2.43 bits per heavy atom. The van der Waals surface area contributed by atoms with Gasteiger partial charge in [0.25, 0.3) is 0 Å². The summed E-state index contributed by atoms with van der Waals surface area (Å²) in [5, 5.41) is 3.34. The first-order valence-corrected chi connectivity index (χ1v) is 7.73. The van der Waals surface area contributed by atoms with Crippen molar-refractivity contribution in [2.24, 2.45) is 0 Å². The molecule has 120 valence electrons. The van der Waals surface area contributed by atoms with Gasteiger partial charge in [-0.2, -0.15) is 0 Å². The van der Waals surface area contributed by atoms with Gasteiger partial charge in [0.05, 0.1) is 0 Å². The third-order valence-corrected chi connectivity index (χ3v) is 3.63. The second-order valence-electron chi connectivity index (χ2n) is 5.31. The Morgan fingerprint density at radius 1 is 1.13 bits per heavy atom. The molecule has 0 saturated heterocycles. The van der Waals surface area contributed by atoms with E-state index in [1.165, 1.54) is 6.92 Å². The van der Waals surface area contributed by atoms with E-state index in [1.807, 2.05) is 31.2 Å². The predicted molar refractivity (Wildman–Crippen MR) is 93.9 cm³/mol. The molecule has 23 heavy (non-hydrogen) atoms. The average Bonchev–Trinajstić information content (AvgIpc) is 2.49. The van der Waals surface area contributed by atoms with Gasteiger partial charge < -0.3 is 10.2 Å². The molecule has 1 N–H and O–H groups in total. The summed E-state index contributed by atoms with van der Waals surface area (Å²) in [5.74, 6) is -0.255. The van der Waals surface area contributed by atoms with Crippen molar-refractivity contribution in [1.82, 2.24) is 0 Å². The van der Waals surface area contributed by atoms with Gasteiger partial charge in [-0.05, 0) is 37.3 Å². The quantitative estimate of drug-likeness (QED) is 0.899. The van der Waals surface area contributed by atoms with Crippen LogP contribution in [-0.2, 0) is 9.59 Å². The van der Waals surface area contributed by atoms with Crippen molar-refractivity contribution in [2.75, 3.05) is 16.8 Å². The number of carbonyl (C=O) groups is 2. The smallest absolute Gasteiger partial charge is 0.226 e. The molecule has 4 nitrogen and oxygen atoms in total. The third-order valence-electron chi connectivity index (χ3n) is 3.40. The fourth-order valence-corrected chi connectivity index (χ4v) is 2.39. The summed E-state index contributed by atoms with van der Waals surface area (Å²) in [4.78, 5) is 25.5. The van der Waals surface area contributed by atoms with Crippen molar-refractivity contribution < 1.29 is 9.59 Å². The highest BCUT2D eigenvalue weighted by Gasteiger charge is 2.13. The van der Waals surface area contributed by atoms with Crippen LogP contribution in [-0.4, -0.2) is 18.4 Å². The maximum absolute atomic E-state index is 12.0. The number of nitrogens with zero attached hydrogens (tertiary/aromatic N) is 1. The number of anilines is 2. The van der Waals surface area contributed by atoms with Crippen LogP contribution < -0.4 is 10.2 Å². The van der Waals surface area contributed by atoms with Crippen molar-refractivity contribution in [2.45, 2.75) is 20.3 Å². The highest BCUT2D eigenvalue weighted by Crippen LogP contribution is 2.17. The Kier molecular flexibility index (Phi) is 5.77. The molecule has 0 bridgehead atoms. The minimum absolute atomic E-state index is 0.0931. The van der Waals surface area contributed by atoms with E-state index in [-0.39, 0.29) is 18.2 Å². The summed E-state index contributed by atoms with van der Waals surface area (Å²) in [7, 11) is 0. The minimum Gasteiger partial charge on any atom is -0.326 e. The predicted octanol–water partition coefficient (Wildman–Crippen LogP) is 4.03. The molecule has 0 unspecified atom stereocenters. The molecular weight excluding hydrogens is 312 g/mol. The zero-order valence-corrected chi connectivity index (χ0v) is 13.9. The van der Waals surface area contributed by atoms with Crippen LogP contribution in [0.4, 0.5) is 11.4 Å². The van der Waals surface area contributed by atoms with Crippen molar-refractivity contribution in [1.29, 1.82) is 0 Å². The number of benzene rings is 2. The second-order valence-corrected chi connectivity index (χ2v) is 5.75. The Balaban J connectivity index is 1.97. The molecule has 0 spiro atoms. The Hall–Kier alpha value is -2.33. The Bertz CT molecular complexity index is 698. The Morgan fingerprint density at radius 2 is 1.83 bits per heavy atom. The van der Waals surface area contributed by atoms with Crippen molar-refractivity contribution in [3.63, 3.8) is 0 Å². The molecule has 0 radical (unpaired) electrons. The lowest BCUT2D eigenvalue weighted by Crippen LogP contribution is -2.31. The third kappa shape index (κ3) is 5.11. The number of halogens is 1. The molecule has 2 rings (SSSR count). The zero-order valence-electron chi connectivity index (χ0n) is 13.2. The van der Waals surface area contributed by atoms with E-state index in [0.29, 0.717) is 17.3 Å². The van der Waals surface area contributed by atoms with Gasteiger partial charge >= 0.3 is 0 Å². The van der Waals surface area contributed by atoms with Crippen LogP contribution in [0.1, 0.15) is 18.9 Å². The highest BCUT2D eigenvalue weighted by molar-refractivity contribution is 6.30. The van der Waals surface area contributed by atoms with Gasteiger partial charge in [0, 0.05) is 36.3 Å². The average molecular weight is 331 g/mol. The Labute approximate surface area is 141 Å². The zero-order chi connectivity index (χ0) is 16.8. The molecule has 0 aliphatic carbocycles. The van der Waals surface area contributed by atoms with Gasteiger partial charge in [-0.25, -0.2) is 0 Å². The van der Waals surface area contributed by atoms with Gasteiger partial charge in [-0.15, -0.1) is 0 Å². The van der Waals surface area contributed by atoms with Crippen LogP contribution in [0.15, 0.2) is 48.5 Å². The molecule has 0 heterocycles. The molecule has 2 amide bonds. The van der Waals surface area contributed by atoms with E-state index in [1.54, 1.807) is 29.2 Å². The molecule has 5 heteroatoms. The molecule has 0 fully saturated rings. The van der Waals surface area contributed by atoms with Crippen LogP contribution in [0.25, 0.3) is 0 Å². The summed E-state index contributed by atoms with van der Waals surface area (Å²) in [5.41, 5.74) is 2.56. The summed E-state index contributed by atoms with van der Waals surface area (Å²) >= 11 is 5.89. The molecule has 0 aromatic heterocycles. The maximum atomic E-state index is 12.0. The largest absolute Gasteiger partial charge is 0.326 e. The topological polar surface area (TPSA) is 49.4 Å². The van der Waals surface area contributed by atoms with Gasteiger partial charge in [0.1, 0.15) is 0 Å². The second kappa shape index (κ2) is 7.79. The first kappa shape index (κ1) is 17.0. The number of nitrogens with one attached hydrogen (secondary N) is 1. The lowest BCUT2D eigenvalue weighted by molar-refractivity contribution is -0.117. The fraction of sp³-hybridized carbons (Fsp3) is 0.222. The van der Waals surface area contributed by atoms with Gasteiger partial charge in [-0.1, -0.05) is 35.4 Å². The number of hydrogen-bond acceptors (Lipinski definition) is 2. The van der Waals surface area contributed by atoms with E-state index >= 15 is 0 Å². The number of rotatable bonds is 5. The normalized spacial score (nSPS) is 10.2. The molecule has 0 atom stereocenters. The highest BCUT2D eigenvalue weighted by atomic mass is 35.5. The van der Waals surface area contributed by atoms with Crippen molar-refractivity contribution >= 4 is 34.8 Å². The van der Waals surface area contributed by atoms with Crippen LogP contribution in [0, 0.1) is 6.92 Å². The SMILES string of the molecule is CC(=O)N(CCC(=O)Nc1cccc(Cl)c1)c1ccc(C)cc1. The number of carbonyl (C=O) groups excluding carboxylic acids is 2. The summed E-state index contributed by atoms with van der Waals surface area (Å²) in [6.45, 7) is 3.81. The number of amides is 2. The monoisotopic (exact) mass is 330 g/mol. The van der Waals surface area contributed by atoms with Crippen molar-refractivity contribution in [3.8, 4) is 0 Å². The van der Waals surface area contributed by atoms with E-state index in [2.05, 4.69) is 5.32 Å². The standard InChI is InChI=1S/C18H19ClN2O2/c1-13-6-8-17(9-7-13)21(14(2)22)11-10-18(23)20-16-5-3-4-15(19)12-16/h3-9,12H,10-11H2,1-2H3,(H,20,23). The van der Waals surface area contributed by atoms with E-state index in [9.17, 15) is 9.59 Å². The maximum Gasteiger partial charge on any atom is 0.226 e. The summed E-state index contributed by atoms with van der Waals surface area (Å²) in [6, 6.07) is 14.6. The van der Waals surface area contributed by atoms with Crippen molar-refractivity contribution in [3.05, 3.63) is 59.1 Å².